The van der Waals surface area contributed by atoms with Crippen LogP contribution in [0.2, 0.25) is 0 Å². The van der Waals surface area contributed by atoms with Gasteiger partial charge in [-0.2, -0.15) is 0 Å². The van der Waals surface area contributed by atoms with E-state index in [-0.39, 0.29) is 5.78 Å². The summed E-state index contributed by atoms with van der Waals surface area (Å²) in [6.45, 7) is 2.08. The van der Waals surface area contributed by atoms with Crippen LogP contribution in [0.5, 0.6) is 0 Å². The number of thiophene rings is 1. The number of ketones is 1. The quantitative estimate of drug-likeness (QED) is 0.279. The standard InChI is InChI=1S/C20H17N3OS2/c1-13-5-7-14(8-6-13)15-10-25-19-18(15)20(22-12-21-19)26-11-17(24)16-4-3-9-23(16)2/h3-10,12H,11H2,1-2H3. The van der Waals surface area contributed by atoms with Crippen LogP contribution >= 0.6 is 23.1 Å². The maximum atomic E-state index is 12.5. The first-order chi connectivity index (χ1) is 12.6. The van der Waals surface area contributed by atoms with Crippen molar-refractivity contribution in [2.75, 3.05) is 5.75 Å². The fourth-order valence-electron chi connectivity index (χ4n) is 2.86. The number of fused-ring (bicyclic) bond motifs is 1. The number of Topliss-reactive ketones (excluding diaryl/α,β-unsaturated/α-hetero) is 1. The van der Waals surface area contributed by atoms with Gasteiger partial charge in [-0.1, -0.05) is 41.6 Å². The summed E-state index contributed by atoms with van der Waals surface area (Å²) in [4.78, 5) is 22.3. The molecule has 0 spiro atoms. The van der Waals surface area contributed by atoms with Crippen molar-refractivity contribution in [1.82, 2.24) is 14.5 Å². The van der Waals surface area contributed by atoms with Crippen LogP contribution in [-0.2, 0) is 7.05 Å². The Bertz CT molecular complexity index is 1080. The fraction of sp³-hybridized carbons (Fsp3) is 0.150. The molecule has 0 N–H and O–H groups in total. The van der Waals surface area contributed by atoms with Gasteiger partial charge in [-0.05, 0) is 24.6 Å². The lowest BCUT2D eigenvalue weighted by Gasteiger charge is -2.06. The highest BCUT2D eigenvalue weighted by Gasteiger charge is 2.16. The molecule has 3 aromatic heterocycles. The Balaban J connectivity index is 1.67. The molecule has 0 fully saturated rings. The summed E-state index contributed by atoms with van der Waals surface area (Å²) in [7, 11) is 1.88. The molecule has 0 aliphatic heterocycles. The van der Waals surface area contributed by atoms with Gasteiger partial charge in [-0.15, -0.1) is 11.3 Å². The van der Waals surface area contributed by atoms with Crippen LogP contribution in [0.15, 0.2) is 59.3 Å². The summed E-state index contributed by atoms with van der Waals surface area (Å²) < 4.78 is 1.85. The zero-order valence-electron chi connectivity index (χ0n) is 14.5. The third-order valence-corrected chi connectivity index (χ3v) is 6.14. The lowest BCUT2D eigenvalue weighted by molar-refractivity contribution is 0.101. The molecular weight excluding hydrogens is 362 g/mol. The first-order valence-corrected chi connectivity index (χ1v) is 10.1. The zero-order valence-corrected chi connectivity index (χ0v) is 16.1. The Morgan fingerprint density at radius 2 is 2.00 bits per heavy atom. The summed E-state index contributed by atoms with van der Waals surface area (Å²) >= 11 is 3.08. The van der Waals surface area contributed by atoms with Gasteiger partial charge in [-0.3, -0.25) is 4.79 Å². The van der Waals surface area contributed by atoms with Crippen LogP contribution in [0, 0.1) is 6.92 Å². The van der Waals surface area contributed by atoms with Gasteiger partial charge >= 0.3 is 0 Å². The first kappa shape index (κ1) is 17.0. The summed E-state index contributed by atoms with van der Waals surface area (Å²) in [6, 6.07) is 12.2. The minimum atomic E-state index is 0.0985. The molecule has 0 amide bonds. The molecule has 3 heterocycles. The van der Waals surface area contributed by atoms with Gasteiger partial charge in [-0.25, -0.2) is 9.97 Å². The van der Waals surface area contributed by atoms with Crippen LogP contribution in [0.4, 0.5) is 0 Å². The van der Waals surface area contributed by atoms with Crippen molar-refractivity contribution < 1.29 is 4.79 Å². The van der Waals surface area contributed by atoms with Crippen molar-refractivity contribution in [2.24, 2.45) is 7.05 Å². The largest absolute Gasteiger partial charge is 0.348 e. The highest BCUT2D eigenvalue weighted by atomic mass is 32.2. The summed E-state index contributed by atoms with van der Waals surface area (Å²) in [5.41, 5.74) is 4.21. The number of hydrogen-bond acceptors (Lipinski definition) is 5. The van der Waals surface area contributed by atoms with E-state index in [1.807, 2.05) is 29.9 Å². The molecule has 1 aromatic carbocycles. The third-order valence-electron chi connectivity index (χ3n) is 4.27. The Morgan fingerprint density at radius 1 is 1.19 bits per heavy atom. The number of aromatic nitrogens is 3. The van der Waals surface area contributed by atoms with Gasteiger partial charge in [0, 0.05) is 24.2 Å². The van der Waals surface area contributed by atoms with E-state index in [0.29, 0.717) is 11.4 Å². The molecule has 0 aliphatic rings. The number of carbonyl (C=O) groups is 1. The smallest absolute Gasteiger partial charge is 0.189 e. The molecule has 0 bridgehead atoms. The molecule has 4 nitrogen and oxygen atoms in total. The third kappa shape index (κ3) is 3.18. The highest BCUT2D eigenvalue weighted by molar-refractivity contribution is 8.00. The van der Waals surface area contributed by atoms with Gasteiger partial charge < -0.3 is 4.57 Å². The van der Waals surface area contributed by atoms with Crippen molar-refractivity contribution >= 4 is 39.1 Å². The Labute approximate surface area is 159 Å². The van der Waals surface area contributed by atoms with Gasteiger partial charge in [0.25, 0.3) is 0 Å². The van der Waals surface area contributed by atoms with E-state index >= 15 is 0 Å². The first-order valence-electron chi connectivity index (χ1n) is 8.20. The SMILES string of the molecule is Cc1ccc(-c2csc3ncnc(SCC(=O)c4cccn4C)c23)cc1. The van der Waals surface area contributed by atoms with Crippen LogP contribution in [-0.4, -0.2) is 26.1 Å². The Hall–Kier alpha value is -2.44. The predicted octanol–water partition coefficient (Wildman–Crippen LogP) is 4.98. The number of benzene rings is 1. The molecule has 26 heavy (non-hydrogen) atoms. The van der Waals surface area contributed by atoms with E-state index in [4.69, 9.17) is 0 Å². The summed E-state index contributed by atoms with van der Waals surface area (Å²) in [5.74, 6) is 0.453. The van der Waals surface area contributed by atoms with Gasteiger partial charge in [0.2, 0.25) is 0 Å². The van der Waals surface area contributed by atoms with Gasteiger partial charge in [0.15, 0.2) is 5.78 Å². The number of thioether (sulfide) groups is 1. The monoisotopic (exact) mass is 379 g/mol. The Kier molecular flexibility index (Phi) is 4.61. The molecule has 0 unspecified atom stereocenters. The molecule has 0 atom stereocenters. The minimum Gasteiger partial charge on any atom is -0.348 e. The number of aryl methyl sites for hydroxylation is 2. The Morgan fingerprint density at radius 3 is 2.73 bits per heavy atom. The molecule has 0 saturated heterocycles. The number of rotatable bonds is 5. The summed E-state index contributed by atoms with van der Waals surface area (Å²) in [5, 5.41) is 4.01. The molecule has 0 saturated carbocycles. The second-order valence-corrected chi connectivity index (χ2v) is 7.91. The lowest BCUT2D eigenvalue weighted by Crippen LogP contribution is -2.07. The van der Waals surface area contributed by atoms with E-state index in [1.54, 1.807) is 17.7 Å². The molecule has 4 aromatic rings. The van der Waals surface area contributed by atoms with Gasteiger partial charge in [0.05, 0.1) is 16.8 Å². The van der Waals surface area contributed by atoms with E-state index < -0.39 is 0 Å². The second kappa shape index (κ2) is 7.05. The van der Waals surface area contributed by atoms with Crippen LogP contribution in [0.1, 0.15) is 16.1 Å². The van der Waals surface area contributed by atoms with E-state index in [9.17, 15) is 4.79 Å². The molecule has 130 valence electrons. The number of carbonyl (C=O) groups excluding carboxylic acids is 1. The zero-order chi connectivity index (χ0) is 18.1. The normalized spacial score (nSPS) is 11.2. The van der Waals surface area contributed by atoms with Gasteiger partial charge in [0.1, 0.15) is 16.2 Å². The maximum Gasteiger partial charge on any atom is 0.189 e. The summed E-state index contributed by atoms with van der Waals surface area (Å²) in [6.07, 6.45) is 3.46. The second-order valence-electron chi connectivity index (χ2n) is 6.09. The molecule has 0 aliphatic carbocycles. The highest BCUT2D eigenvalue weighted by Crippen LogP contribution is 2.38. The minimum absolute atomic E-state index is 0.0985. The fourth-order valence-corrected chi connectivity index (χ4v) is 4.73. The van der Waals surface area contributed by atoms with Crippen LogP contribution < -0.4 is 0 Å². The van der Waals surface area contributed by atoms with E-state index in [1.165, 1.54) is 17.3 Å². The molecule has 4 rings (SSSR count). The number of nitrogens with zero attached hydrogens (tertiary/aromatic N) is 3. The topological polar surface area (TPSA) is 47.8 Å². The van der Waals surface area contributed by atoms with Crippen molar-refractivity contribution in [2.45, 2.75) is 11.9 Å². The van der Waals surface area contributed by atoms with E-state index in [0.717, 1.165) is 26.4 Å². The van der Waals surface area contributed by atoms with Crippen molar-refractivity contribution in [3.8, 4) is 11.1 Å². The molecule has 6 heteroatoms. The average Bonchev–Trinajstić information content (AvgIpc) is 3.27. The number of hydrogen-bond donors (Lipinski definition) is 0. The van der Waals surface area contributed by atoms with Crippen LogP contribution in [0.3, 0.4) is 0 Å². The predicted molar refractivity (Wildman–Crippen MR) is 108 cm³/mol. The van der Waals surface area contributed by atoms with Crippen molar-refractivity contribution in [3.63, 3.8) is 0 Å². The lowest BCUT2D eigenvalue weighted by atomic mass is 10.1. The van der Waals surface area contributed by atoms with Crippen molar-refractivity contribution in [3.05, 3.63) is 65.6 Å². The van der Waals surface area contributed by atoms with Crippen LogP contribution in [0.25, 0.3) is 21.3 Å². The average molecular weight is 380 g/mol. The molecular formula is C20H17N3OS2. The molecule has 0 radical (unpaired) electrons. The van der Waals surface area contributed by atoms with E-state index in [2.05, 4.69) is 46.5 Å². The van der Waals surface area contributed by atoms with Crippen molar-refractivity contribution in [1.29, 1.82) is 0 Å². The maximum absolute atomic E-state index is 12.5.